The maximum atomic E-state index is 6.72. The fourth-order valence-corrected chi connectivity index (χ4v) is 11.3. The molecule has 0 amide bonds. The monoisotopic (exact) mass is 686 g/mol. The zero-order chi connectivity index (χ0) is 33.4. The highest BCUT2D eigenvalue weighted by Gasteiger charge is 2.25. The lowest BCUT2D eigenvalue weighted by atomic mass is 10.1. The second-order valence-corrected chi connectivity index (χ2v) is 31.7. The lowest BCUT2D eigenvalue weighted by Gasteiger charge is -2.16. The average molecular weight is 687 g/mol. The van der Waals surface area contributed by atoms with E-state index in [0.717, 1.165) is 34.2 Å². The van der Waals surface area contributed by atoms with Gasteiger partial charge in [-0.3, -0.25) is 9.13 Å². The lowest BCUT2D eigenvalue weighted by Crippen LogP contribution is -2.37. The second-order valence-electron chi connectivity index (χ2n) is 16.0. The number of aromatic nitrogens is 4. The van der Waals surface area contributed by atoms with Crippen molar-refractivity contribution in [3.8, 4) is 12.0 Å². The predicted octanol–water partition coefficient (Wildman–Crippen LogP) is 9.03. The molecule has 0 aliphatic rings. The van der Waals surface area contributed by atoms with Crippen molar-refractivity contribution >= 4 is 87.7 Å². The van der Waals surface area contributed by atoms with Crippen molar-refractivity contribution in [3.63, 3.8) is 0 Å². The normalized spacial score (nSPS) is 13.0. The summed E-state index contributed by atoms with van der Waals surface area (Å²) in [5.41, 5.74) is 7.24. The Morgan fingerprint density at radius 2 is 0.851 bits per heavy atom. The Balaban J connectivity index is 1.45. The van der Waals surface area contributed by atoms with Crippen LogP contribution >= 0.6 is 0 Å². The second kappa shape index (κ2) is 11.6. The first-order chi connectivity index (χ1) is 22.2. The minimum absolute atomic E-state index is 0.400. The third-order valence-corrected chi connectivity index (χ3v) is 15.6. The molecule has 0 bridgehead atoms. The molecule has 0 unspecified atom stereocenters. The Hall–Kier alpha value is -3.51. The minimum atomic E-state index is -1.52. The standard InChI is InChI=1S/C38H46N4OSi4/c1-44(2)23-25-11-15-33-29(19-25)31-21-27(46(5,6)7)13-17-35(31)41(33)37-39-40-38(43-37)42-34-16-12-26(24-45(3)4)20-30(34)32-22-28(47(8,9)10)14-18-36(32)42/h11-22H,23-24H2,1-10H3. The SMILES string of the molecule is C[Si](C)Cc1ccc2c(c1)c1cc([Si](C)(C)C)ccc1n2-c1nnc(-n2c3ccc(C[Si](C)C)cc3c3cc([Si](C)(C)C)ccc32)o1. The highest BCUT2D eigenvalue weighted by Crippen LogP contribution is 2.36. The number of rotatable bonds is 8. The molecule has 0 aliphatic carbocycles. The molecule has 3 heterocycles. The van der Waals surface area contributed by atoms with E-state index in [0.29, 0.717) is 12.0 Å². The van der Waals surface area contributed by atoms with Gasteiger partial charge >= 0.3 is 12.0 Å². The van der Waals surface area contributed by atoms with Gasteiger partial charge in [0.15, 0.2) is 0 Å². The molecule has 9 heteroatoms. The smallest absolute Gasteiger partial charge is 0.328 e. The van der Waals surface area contributed by atoms with Crippen molar-refractivity contribution in [3.05, 3.63) is 83.9 Å². The third-order valence-electron chi connectivity index (χ3n) is 9.29. The van der Waals surface area contributed by atoms with Gasteiger partial charge in [0, 0.05) is 39.1 Å². The molecular weight excluding hydrogens is 641 g/mol. The van der Waals surface area contributed by atoms with Crippen LogP contribution in [-0.2, 0) is 12.1 Å². The Kier molecular flexibility index (Phi) is 7.89. The van der Waals surface area contributed by atoms with Gasteiger partial charge in [-0.1, -0.05) is 134 Å². The molecule has 5 nitrogen and oxygen atoms in total. The van der Waals surface area contributed by atoms with Gasteiger partial charge in [0.2, 0.25) is 0 Å². The molecule has 240 valence electrons. The van der Waals surface area contributed by atoms with E-state index >= 15 is 0 Å². The van der Waals surface area contributed by atoms with Crippen LogP contribution in [-0.4, -0.2) is 53.1 Å². The zero-order valence-electron chi connectivity index (χ0n) is 29.5. The van der Waals surface area contributed by atoms with Crippen LogP contribution in [0.4, 0.5) is 0 Å². The van der Waals surface area contributed by atoms with Crippen molar-refractivity contribution in [1.82, 2.24) is 19.3 Å². The molecule has 47 heavy (non-hydrogen) atoms. The summed E-state index contributed by atoms with van der Waals surface area (Å²) in [7, 11) is -3.83. The predicted molar refractivity (Wildman–Crippen MR) is 211 cm³/mol. The van der Waals surface area contributed by atoms with E-state index in [-0.39, 0.29) is 0 Å². The van der Waals surface area contributed by atoms with Gasteiger partial charge in [-0.05, 0) is 48.5 Å². The van der Waals surface area contributed by atoms with E-state index in [1.807, 2.05) is 0 Å². The fraction of sp³-hybridized carbons (Fsp3) is 0.316. The highest BCUT2D eigenvalue weighted by molar-refractivity contribution is 6.89. The van der Waals surface area contributed by atoms with E-state index < -0.39 is 33.7 Å². The first kappa shape index (κ1) is 32.1. The molecule has 0 spiro atoms. The van der Waals surface area contributed by atoms with Crippen LogP contribution in [0.2, 0.25) is 65.5 Å². The van der Waals surface area contributed by atoms with Crippen molar-refractivity contribution in [2.75, 3.05) is 0 Å². The van der Waals surface area contributed by atoms with Gasteiger partial charge in [0.1, 0.15) is 0 Å². The molecule has 0 N–H and O–H groups in total. The van der Waals surface area contributed by atoms with Crippen molar-refractivity contribution in [1.29, 1.82) is 0 Å². The average Bonchev–Trinajstić information content (AvgIpc) is 3.67. The minimum Gasteiger partial charge on any atom is -0.388 e. The summed E-state index contributed by atoms with van der Waals surface area (Å²) >= 11 is 0. The summed E-state index contributed by atoms with van der Waals surface area (Å²) in [5.74, 6) is 0. The van der Waals surface area contributed by atoms with Crippen LogP contribution in [0.15, 0.2) is 77.2 Å². The first-order valence-electron chi connectivity index (χ1n) is 16.8. The summed E-state index contributed by atoms with van der Waals surface area (Å²) in [6, 6.07) is 31.2. The molecule has 3 aromatic heterocycles. The summed E-state index contributed by atoms with van der Waals surface area (Å²) in [4.78, 5) is 0. The Labute approximate surface area is 283 Å². The first-order valence-corrected chi connectivity index (χ1v) is 29.2. The molecule has 7 rings (SSSR count). The number of hydrogen-bond acceptors (Lipinski definition) is 3. The summed E-state index contributed by atoms with van der Waals surface area (Å²) in [6.45, 7) is 24.0. The maximum absolute atomic E-state index is 6.72. The quantitative estimate of drug-likeness (QED) is 0.150. The Morgan fingerprint density at radius 1 is 0.511 bits per heavy atom. The van der Waals surface area contributed by atoms with Gasteiger partial charge in [-0.25, -0.2) is 0 Å². The molecule has 2 radical (unpaired) electrons. The van der Waals surface area contributed by atoms with E-state index in [4.69, 9.17) is 14.6 Å². The molecule has 0 fully saturated rings. The van der Waals surface area contributed by atoms with Crippen LogP contribution in [0.3, 0.4) is 0 Å². The fourth-order valence-electron chi connectivity index (χ4n) is 6.91. The van der Waals surface area contributed by atoms with Gasteiger partial charge < -0.3 is 4.42 Å². The largest absolute Gasteiger partial charge is 0.388 e. The summed E-state index contributed by atoms with van der Waals surface area (Å²) in [6.07, 6.45) is 0. The van der Waals surface area contributed by atoms with Crippen LogP contribution in [0.25, 0.3) is 55.6 Å². The topological polar surface area (TPSA) is 48.8 Å². The Morgan fingerprint density at radius 3 is 1.19 bits per heavy atom. The molecular formula is C38H46N4OSi4. The maximum Gasteiger partial charge on any atom is 0.328 e. The van der Waals surface area contributed by atoms with Gasteiger partial charge in [0.25, 0.3) is 0 Å². The van der Waals surface area contributed by atoms with E-state index in [1.54, 1.807) is 0 Å². The number of nitrogens with zero attached hydrogens (tertiary/aromatic N) is 4. The Bertz CT molecular complexity index is 2140. The molecule has 0 aliphatic heterocycles. The summed E-state index contributed by atoms with van der Waals surface area (Å²) in [5, 5.41) is 17.4. The lowest BCUT2D eigenvalue weighted by molar-refractivity contribution is 0.515. The van der Waals surface area contributed by atoms with Gasteiger partial charge in [-0.2, -0.15) is 0 Å². The van der Waals surface area contributed by atoms with Crippen LogP contribution in [0.5, 0.6) is 0 Å². The van der Waals surface area contributed by atoms with Crippen LogP contribution in [0.1, 0.15) is 11.1 Å². The van der Waals surface area contributed by atoms with E-state index in [1.165, 1.54) is 43.0 Å². The van der Waals surface area contributed by atoms with Crippen molar-refractivity contribution in [2.24, 2.45) is 0 Å². The molecule has 0 saturated heterocycles. The molecule has 4 aromatic carbocycles. The van der Waals surface area contributed by atoms with E-state index in [9.17, 15) is 0 Å². The third kappa shape index (κ3) is 5.81. The summed E-state index contributed by atoms with van der Waals surface area (Å²) < 4.78 is 11.1. The number of benzene rings is 4. The van der Waals surface area contributed by atoms with Gasteiger partial charge in [0.05, 0.1) is 38.2 Å². The number of fused-ring (bicyclic) bond motifs is 6. The van der Waals surface area contributed by atoms with Gasteiger partial charge in [-0.15, -0.1) is 0 Å². The van der Waals surface area contributed by atoms with Crippen LogP contribution in [0, 0.1) is 0 Å². The molecule has 7 aromatic rings. The highest BCUT2D eigenvalue weighted by atomic mass is 28.3. The zero-order valence-corrected chi connectivity index (χ0v) is 33.5. The molecule has 0 saturated carbocycles. The molecule has 0 atom stereocenters. The van der Waals surface area contributed by atoms with Crippen LogP contribution < -0.4 is 10.4 Å². The van der Waals surface area contributed by atoms with E-state index in [2.05, 4.69) is 147 Å². The van der Waals surface area contributed by atoms with Crippen molar-refractivity contribution in [2.45, 2.75) is 77.6 Å². The van der Waals surface area contributed by atoms with Crippen molar-refractivity contribution < 1.29 is 4.42 Å². The number of hydrogen-bond donors (Lipinski definition) is 0.